The van der Waals surface area contributed by atoms with Gasteiger partial charge in [0.15, 0.2) is 0 Å². The molecule has 2 rings (SSSR count). The lowest BCUT2D eigenvalue weighted by atomic mass is 9.98. The van der Waals surface area contributed by atoms with Gasteiger partial charge in [-0.3, -0.25) is 0 Å². The van der Waals surface area contributed by atoms with Gasteiger partial charge >= 0.3 is 0 Å². The molecule has 2 fully saturated rings. The normalized spacial score (nSPS) is 39.2. The highest BCUT2D eigenvalue weighted by Crippen LogP contribution is 2.21. The monoisotopic (exact) mass is 212 g/mol. The molecule has 0 aromatic carbocycles. The van der Waals surface area contributed by atoms with Crippen molar-refractivity contribution in [3.8, 4) is 0 Å². The van der Waals surface area contributed by atoms with Crippen LogP contribution < -0.4 is 5.32 Å². The van der Waals surface area contributed by atoms with E-state index < -0.39 is 5.60 Å². The van der Waals surface area contributed by atoms with Gasteiger partial charge in [-0.05, 0) is 52.1 Å². The molecule has 0 aromatic rings. The number of nitrogens with one attached hydrogen (secondary N) is 1. The van der Waals surface area contributed by atoms with E-state index in [0.717, 1.165) is 32.4 Å². The highest BCUT2D eigenvalue weighted by Gasteiger charge is 2.26. The molecule has 88 valence electrons. The quantitative estimate of drug-likeness (QED) is 0.716. The minimum absolute atomic E-state index is 0.419. The second kappa shape index (κ2) is 4.81. The van der Waals surface area contributed by atoms with E-state index in [1.54, 1.807) is 0 Å². The van der Waals surface area contributed by atoms with E-state index in [2.05, 4.69) is 10.2 Å². The van der Waals surface area contributed by atoms with Crippen LogP contribution >= 0.6 is 0 Å². The third-order valence-corrected chi connectivity index (χ3v) is 3.80. The van der Waals surface area contributed by atoms with Crippen LogP contribution in [0.3, 0.4) is 0 Å². The van der Waals surface area contributed by atoms with Gasteiger partial charge in [-0.25, -0.2) is 0 Å². The van der Waals surface area contributed by atoms with Crippen molar-refractivity contribution in [2.45, 2.75) is 50.7 Å². The number of hydrogen-bond acceptors (Lipinski definition) is 3. The summed E-state index contributed by atoms with van der Waals surface area (Å²) in [5.74, 6) is 0. The maximum atomic E-state index is 9.99. The fourth-order valence-corrected chi connectivity index (χ4v) is 2.73. The average Bonchev–Trinajstić information content (AvgIpc) is 2.60. The fourth-order valence-electron chi connectivity index (χ4n) is 2.73. The van der Waals surface area contributed by atoms with Crippen molar-refractivity contribution in [2.24, 2.45) is 0 Å². The van der Waals surface area contributed by atoms with Crippen molar-refractivity contribution in [2.75, 3.05) is 26.2 Å². The number of nitrogens with zero attached hydrogens (tertiary/aromatic N) is 1. The summed E-state index contributed by atoms with van der Waals surface area (Å²) in [7, 11) is 0. The molecule has 2 aliphatic rings. The van der Waals surface area contributed by atoms with Gasteiger partial charge in [0, 0.05) is 19.1 Å². The van der Waals surface area contributed by atoms with Crippen LogP contribution in [-0.2, 0) is 0 Å². The first-order valence-corrected chi connectivity index (χ1v) is 6.34. The molecule has 0 bridgehead atoms. The summed E-state index contributed by atoms with van der Waals surface area (Å²) in [6.07, 6.45) is 5.68. The first kappa shape index (κ1) is 11.4. The lowest BCUT2D eigenvalue weighted by Gasteiger charge is -2.24. The molecule has 2 N–H and O–H groups in total. The Labute approximate surface area is 92.8 Å². The second-order valence-corrected chi connectivity index (χ2v) is 5.44. The third-order valence-electron chi connectivity index (χ3n) is 3.80. The minimum Gasteiger partial charge on any atom is -0.390 e. The van der Waals surface area contributed by atoms with Crippen LogP contribution in [0.1, 0.15) is 39.0 Å². The SMILES string of the molecule is CC1(O)CCCN(CC2CCCN2)CC1. The zero-order valence-corrected chi connectivity index (χ0v) is 9.84. The van der Waals surface area contributed by atoms with E-state index in [1.807, 2.05) is 6.92 Å². The predicted octanol–water partition coefficient (Wildman–Crippen LogP) is 0.975. The Balaban J connectivity index is 1.78. The Morgan fingerprint density at radius 3 is 2.93 bits per heavy atom. The molecule has 2 atom stereocenters. The van der Waals surface area contributed by atoms with Crippen LogP contribution in [0.25, 0.3) is 0 Å². The zero-order chi connectivity index (χ0) is 10.7. The van der Waals surface area contributed by atoms with Crippen molar-refractivity contribution in [3.05, 3.63) is 0 Å². The number of aliphatic hydroxyl groups is 1. The molecule has 2 saturated heterocycles. The van der Waals surface area contributed by atoms with Crippen molar-refractivity contribution in [3.63, 3.8) is 0 Å². The lowest BCUT2D eigenvalue weighted by Crippen LogP contribution is -2.38. The summed E-state index contributed by atoms with van der Waals surface area (Å²) in [5, 5.41) is 13.5. The number of rotatable bonds is 2. The maximum Gasteiger partial charge on any atom is 0.0632 e. The number of likely N-dealkylation sites (tertiary alicyclic amines) is 1. The Kier molecular flexibility index (Phi) is 3.65. The van der Waals surface area contributed by atoms with Crippen molar-refractivity contribution in [1.29, 1.82) is 0 Å². The molecule has 0 radical (unpaired) electrons. The standard InChI is InChI=1S/C12H24N2O/c1-12(15)5-3-8-14(9-6-12)10-11-4-2-7-13-11/h11,13,15H,2-10H2,1H3. The van der Waals surface area contributed by atoms with Crippen molar-refractivity contribution < 1.29 is 5.11 Å². The van der Waals surface area contributed by atoms with Gasteiger partial charge < -0.3 is 15.3 Å². The number of hydrogen-bond donors (Lipinski definition) is 2. The van der Waals surface area contributed by atoms with Crippen molar-refractivity contribution >= 4 is 0 Å². The molecule has 2 heterocycles. The van der Waals surface area contributed by atoms with Gasteiger partial charge in [-0.2, -0.15) is 0 Å². The van der Waals surface area contributed by atoms with E-state index in [1.165, 1.54) is 25.9 Å². The zero-order valence-electron chi connectivity index (χ0n) is 9.84. The van der Waals surface area contributed by atoms with Gasteiger partial charge in [0.05, 0.1) is 5.60 Å². The maximum absolute atomic E-state index is 9.99. The van der Waals surface area contributed by atoms with Crippen LogP contribution in [0, 0.1) is 0 Å². The molecule has 0 aromatic heterocycles. The third kappa shape index (κ3) is 3.44. The first-order chi connectivity index (χ1) is 7.16. The summed E-state index contributed by atoms with van der Waals surface area (Å²) < 4.78 is 0. The van der Waals surface area contributed by atoms with Crippen LogP contribution in [0.2, 0.25) is 0 Å². The van der Waals surface area contributed by atoms with Crippen LogP contribution in [0.15, 0.2) is 0 Å². The Hall–Kier alpha value is -0.120. The molecule has 0 amide bonds. The van der Waals surface area contributed by atoms with Crippen molar-refractivity contribution in [1.82, 2.24) is 10.2 Å². The smallest absolute Gasteiger partial charge is 0.0632 e. The van der Waals surface area contributed by atoms with E-state index >= 15 is 0 Å². The highest BCUT2D eigenvalue weighted by molar-refractivity contribution is 4.83. The van der Waals surface area contributed by atoms with Crippen LogP contribution in [0.5, 0.6) is 0 Å². The largest absolute Gasteiger partial charge is 0.390 e. The first-order valence-electron chi connectivity index (χ1n) is 6.34. The van der Waals surface area contributed by atoms with Gasteiger partial charge in [0.2, 0.25) is 0 Å². The summed E-state index contributed by atoms with van der Waals surface area (Å²) in [6, 6.07) is 0.702. The summed E-state index contributed by atoms with van der Waals surface area (Å²) >= 11 is 0. The topological polar surface area (TPSA) is 35.5 Å². The van der Waals surface area contributed by atoms with Gasteiger partial charge in [-0.1, -0.05) is 0 Å². The molecule has 0 saturated carbocycles. The lowest BCUT2D eigenvalue weighted by molar-refractivity contribution is 0.0444. The molecule has 0 aliphatic carbocycles. The van der Waals surface area contributed by atoms with Gasteiger partial charge in [-0.15, -0.1) is 0 Å². The molecule has 0 spiro atoms. The van der Waals surface area contributed by atoms with Gasteiger partial charge in [0.1, 0.15) is 0 Å². The van der Waals surface area contributed by atoms with Crippen LogP contribution in [0.4, 0.5) is 0 Å². The molecule has 3 heteroatoms. The average molecular weight is 212 g/mol. The Morgan fingerprint density at radius 1 is 1.33 bits per heavy atom. The second-order valence-electron chi connectivity index (χ2n) is 5.44. The molecule has 15 heavy (non-hydrogen) atoms. The highest BCUT2D eigenvalue weighted by atomic mass is 16.3. The molecular formula is C12H24N2O. The van der Waals surface area contributed by atoms with Gasteiger partial charge in [0.25, 0.3) is 0 Å². The van der Waals surface area contributed by atoms with E-state index in [4.69, 9.17) is 0 Å². The summed E-state index contributed by atoms with van der Waals surface area (Å²) in [4.78, 5) is 2.52. The summed E-state index contributed by atoms with van der Waals surface area (Å²) in [6.45, 7) is 6.57. The van der Waals surface area contributed by atoms with Crippen LogP contribution in [-0.4, -0.2) is 47.8 Å². The summed E-state index contributed by atoms with van der Waals surface area (Å²) in [5.41, 5.74) is -0.419. The molecule has 2 unspecified atom stereocenters. The Morgan fingerprint density at radius 2 is 2.20 bits per heavy atom. The minimum atomic E-state index is -0.419. The molecule has 2 aliphatic heterocycles. The predicted molar refractivity (Wildman–Crippen MR) is 61.9 cm³/mol. The molecular weight excluding hydrogens is 188 g/mol. The molecule has 3 nitrogen and oxygen atoms in total. The van der Waals surface area contributed by atoms with E-state index in [0.29, 0.717) is 6.04 Å². The van der Waals surface area contributed by atoms with E-state index in [-0.39, 0.29) is 0 Å². The van der Waals surface area contributed by atoms with E-state index in [9.17, 15) is 5.11 Å². The Bertz CT molecular complexity index is 200. The fraction of sp³-hybridized carbons (Fsp3) is 1.00.